The second kappa shape index (κ2) is 7.01. The molecule has 3 fully saturated rings. The number of hydrogen-bond donors (Lipinski definition) is 0. The maximum atomic E-state index is 13.6. The van der Waals surface area contributed by atoms with Gasteiger partial charge in [-0.25, -0.2) is 0 Å². The Kier molecular flexibility index (Phi) is 4.58. The van der Waals surface area contributed by atoms with Crippen LogP contribution in [0.2, 0.25) is 0 Å². The van der Waals surface area contributed by atoms with E-state index in [0.717, 1.165) is 30.8 Å². The average molecular weight is 334 g/mol. The van der Waals surface area contributed by atoms with Crippen molar-refractivity contribution in [2.45, 2.75) is 24.8 Å². The monoisotopic (exact) mass is 334 g/mol. The minimum Gasteiger partial charge on any atom is -0.340 e. The van der Waals surface area contributed by atoms with E-state index in [1.54, 1.807) is 0 Å². The number of carbonyl (C=O) groups excluding carboxylic acids is 1. The lowest BCUT2D eigenvalue weighted by Crippen LogP contribution is -2.43. The van der Waals surface area contributed by atoms with Crippen LogP contribution in [0.4, 0.5) is 0 Å². The van der Waals surface area contributed by atoms with Crippen molar-refractivity contribution in [1.82, 2.24) is 9.80 Å². The van der Waals surface area contributed by atoms with Gasteiger partial charge < -0.3 is 9.80 Å². The van der Waals surface area contributed by atoms with Crippen molar-refractivity contribution in [3.63, 3.8) is 0 Å². The van der Waals surface area contributed by atoms with Crippen molar-refractivity contribution < 1.29 is 4.79 Å². The summed E-state index contributed by atoms with van der Waals surface area (Å²) in [4.78, 5) is 18.2. The van der Waals surface area contributed by atoms with Crippen LogP contribution in [0.25, 0.3) is 0 Å². The normalized spacial score (nSPS) is 23.7. The molecule has 2 aromatic carbocycles. The van der Waals surface area contributed by atoms with Gasteiger partial charge >= 0.3 is 0 Å². The largest absolute Gasteiger partial charge is 0.340 e. The molecular formula is C22H26N2O. The zero-order valence-corrected chi connectivity index (χ0v) is 14.8. The molecule has 5 rings (SSSR count). The van der Waals surface area contributed by atoms with Gasteiger partial charge in [0.25, 0.3) is 0 Å². The van der Waals surface area contributed by atoms with Crippen LogP contribution >= 0.6 is 0 Å². The number of nitrogens with zero attached hydrogens (tertiary/aromatic N) is 2. The van der Waals surface area contributed by atoms with E-state index in [9.17, 15) is 4.79 Å². The molecule has 0 radical (unpaired) electrons. The molecule has 2 aromatic rings. The molecule has 25 heavy (non-hydrogen) atoms. The van der Waals surface area contributed by atoms with E-state index in [1.807, 2.05) is 36.4 Å². The third-order valence-electron chi connectivity index (χ3n) is 5.81. The van der Waals surface area contributed by atoms with E-state index in [0.29, 0.717) is 12.0 Å². The van der Waals surface area contributed by atoms with Gasteiger partial charge in [-0.15, -0.1) is 0 Å². The molecular weight excluding hydrogens is 308 g/mol. The van der Waals surface area contributed by atoms with E-state index in [1.165, 1.54) is 12.8 Å². The zero-order chi connectivity index (χ0) is 17.2. The van der Waals surface area contributed by atoms with Crippen LogP contribution < -0.4 is 0 Å². The number of hydrogen-bond acceptors (Lipinski definition) is 2. The Bertz CT molecular complexity index is 676. The fourth-order valence-electron chi connectivity index (χ4n) is 4.45. The molecule has 2 atom stereocenters. The van der Waals surface area contributed by atoms with Crippen molar-refractivity contribution in [3.05, 3.63) is 71.8 Å². The van der Waals surface area contributed by atoms with Crippen molar-refractivity contribution in [1.29, 1.82) is 0 Å². The van der Waals surface area contributed by atoms with Crippen LogP contribution in [0.1, 0.15) is 29.9 Å². The number of benzene rings is 2. The number of amides is 1. The first kappa shape index (κ1) is 16.3. The first-order chi connectivity index (χ1) is 12.2. The molecule has 3 aliphatic rings. The highest BCUT2D eigenvalue weighted by Gasteiger charge is 2.37. The van der Waals surface area contributed by atoms with Crippen LogP contribution in [0.15, 0.2) is 60.7 Å². The van der Waals surface area contributed by atoms with Gasteiger partial charge in [0, 0.05) is 25.7 Å². The first-order valence-electron chi connectivity index (χ1n) is 9.31. The van der Waals surface area contributed by atoms with Gasteiger partial charge in [-0.05, 0) is 36.9 Å². The Balaban J connectivity index is 1.67. The van der Waals surface area contributed by atoms with Crippen LogP contribution in [0.3, 0.4) is 0 Å². The highest BCUT2D eigenvalue weighted by atomic mass is 16.2. The summed E-state index contributed by atoms with van der Waals surface area (Å²) in [6.45, 7) is 2.88. The second-order valence-electron chi connectivity index (χ2n) is 7.53. The number of fused-ring (bicyclic) bond motifs is 4. The third-order valence-corrected chi connectivity index (χ3v) is 5.81. The Morgan fingerprint density at radius 3 is 2.04 bits per heavy atom. The summed E-state index contributed by atoms with van der Waals surface area (Å²) in [5, 5.41) is 0. The van der Waals surface area contributed by atoms with Crippen molar-refractivity contribution in [2.75, 3.05) is 26.7 Å². The van der Waals surface area contributed by atoms with E-state index < -0.39 is 0 Å². The fourth-order valence-corrected chi connectivity index (χ4v) is 4.45. The Labute approximate surface area is 150 Å². The predicted molar refractivity (Wildman–Crippen MR) is 100 cm³/mol. The molecule has 3 aliphatic heterocycles. The Morgan fingerprint density at radius 2 is 1.48 bits per heavy atom. The van der Waals surface area contributed by atoms with E-state index in [4.69, 9.17) is 0 Å². The standard InChI is InChI=1S/C22H26N2O/c1-23-14-17-12-13-20(23)16-24(15-17)22(25)21(18-8-4-2-5-9-18)19-10-6-3-7-11-19/h2-11,17,20-21H,12-16H2,1H3/t17-,20-/m1/s1. The summed E-state index contributed by atoms with van der Waals surface area (Å²) in [5.74, 6) is 0.662. The smallest absolute Gasteiger partial charge is 0.234 e. The summed E-state index contributed by atoms with van der Waals surface area (Å²) < 4.78 is 0. The molecule has 2 bridgehead atoms. The molecule has 0 aromatic heterocycles. The van der Waals surface area contributed by atoms with Gasteiger partial charge in [0.1, 0.15) is 0 Å². The minimum absolute atomic E-state index is 0.204. The molecule has 0 spiro atoms. The SMILES string of the molecule is CN1C[C@H]2CC[C@@H]1CN(C(=O)C(c1ccccc1)c1ccccc1)C2. The highest BCUT2D eigenvalue weighted by molar-refractivity contribution is 5.87. The summed E-state index contributed by atoms with van der Waals surface area (Å²) in [7, 11) is 2.21. The lowest BCUT2D eigenvalue weighted by Gasteiger charge is -2.32. The molecule has 3 heteroatoms. The zero-order valence-electron chi connectivity index (χ0n) is 14.8. The highest BCUT2D eigenvalue weighted by Crippen LogP contribution is 2.31. The van der Waals surface area contributed by atoms with Gasteiger partial charge in [-0.1, -0.05) is 60.7 Å². The van der Waals surface area contributed by atoms with Crippen LogP contribution in [0, 0.1) is 5.92 Å². The number of rotatable bonds is 3. The number of carbonyl (C=O) groups is 1. The molecule has 3 saturated heterocycles. The molecule has 1 amide bonds. The fraction of sp³-hybridized carbons (Fsp3) is 0.409. The molecule has 0 aliphatic carbocycles. The average Bonchev–Trinajstić information content (AvgIpc) is 2.95. The number of likely N-dealkylation sites (N-methyl/N-ethyl adjacent to an activating group) is 1. The molecule has 130 valence electrons. The van der Waals surface area contributed by atoms with Gasteiger partial charge in [-0.2, -0.15) is 0 Å². The minimum atomic E-state index is -0.204. The molecule has 0 unspecified atom stereocenters. The van der Waals surface area contributed by atoms with Crippen LogP contribution in [-0.4, -0.2) is 48.4 Å². The van der Waals surface area contributed by atoms with Gasteiger partial charge in [0.15, 0.2) is 0 Å². The first-order valence-corrected chi connectivity index (χ1v) is 9.31. The molecule has 3 heterocycles. The molecule has 0 saturated carbocycles. The maximum absolute atomic E-state index is 13.6. The van der Waals surface area contributed by atoms with Crippen molar-refractivity contribution >= 4 is 5.91 Å². The van der Waals surface area contributed by atoms with E-state index in [-0.39, 0.29) is 11.8 Å². The lowest BCUT2D eigenvalue weighted by molar-refractivity contribution is -0.132. The second-order valence-corrected chi connectivity index (χ2v) is 7.53. The third kappa shape index (κ3) is 3.34. The summed E-state index contributed by atoms with van der Waals surface area (Å²) in [5.41, 5.74) is 2.17. The lowest BCUT2D eigenvalue weighted by atomic mass is 9.90. The quantitative estimate of drug-likeness (QED) is 0.859. The summed E-state index contributed by atoms with van der Waals surface area (Å²) >= 11 is 0. The maximum Gasteiger partial charge on any atom is 0.234 e. The summed E-state index contributed by atoms with van der Waals surface area (Å²) in [6.07, 6.45) is 2.46. The van der Waals surface area contributed by atoms with E-state index in [2.05, 4.69) is 41.1 Å². The summed E-state index contributed by atoms with van der Waals surface area (Å²) in [6, 6.07) is 20.9. The van der Waals surface area contributed by atoms with Crippen LogP contribution in [-0.2, 0) is 4.79 Å². The van der Waals surface area contributed by atoms with Crippen molar-refractivity contribution in [3.8, 4) is 0 Å². The van der Waals surface area contributed by atoms with Gasteiger partial charge in [0.2, 0.25) is 5.91 Å². The Hall–Kier alpha value is -2.13. The van der Waals surface area contributed by atoms with Crippen molar-refractivity contribution in [2.24, 2.45) is 5.92 Å². The Morgan fingerprint density at radius 1 is 0.880 bits per heavy atom. The van der Waals surface area contributed by atoms with Gasteiger partial charge in [-0.3, -0.25) is 4.79 Å². The van der Waals surface area contributed by atoms with Crippen LogP contribution in [0.5, 0.6) is 0 Å². The topological polar surface area (TPSA) is 23.6 Å². The van der Waals surface area contributed by atoms with Gasteiger partial charge in [0.05, 0.1) is 5.92 Å². The number of piperidine rings is 1. The molecule has 3 nitrogen and oxygen atoms in total. The van der Waals surface area contributed by atoms with E-state index >= 15 is 0 Å². The molecule has 0 N–H and O–H groups in total. The predicted octanol–water partition coefficient (Wildman–Crippen LogP) is 3.37.